The van der Waals surface area contributed by atoms with Crippen LogP contribution in [0.15, 0.2) is 35.9 Å². The van der Waals surface area contributed by atoms with Gasteiger partial charge in [-0.1, -0.05) is 41.9 Å². The molecule has 0 atom stereocenters. The van der Waals surface area contributed by atoms with Crippen LogP contribution >= 0.6 is 11.6 Å². The Morgan fingerprint density at radius 1 is 1.36 bits per heavy atom. The first-order chi connectivity index (χ1) is 5.34. The lowest BCUT2D eigenvalue weighted by Gasteiger charge is -1.99. The largest absolute Gasteiger partial charge is 0.0933 e. The summed E-state index contributed by atoms with van der Waals surface area (Å²) in [5, 5.41) is 0. The number of aryl methyl sites for hydroxylation is 1. The van der Waals surface area contributed by atoms with Crippen molar-refractivity contribution < 1.29 is 0 Å². The molecule has 1 heteroatoms. The van der Waals surface area contributed by atoms with Crippen molar-refractivity contribution in [3.05, 3.63) is 47.0 Å². The molecule has 0 fully saturated rings. The van der Waals surface area contributed by atoms with Gasteiger partial charge in [-0.3, -0.25) is 0 Å². The molecule has 0 amide bonds. The molecule has 0 aliphatic carbocycles. The van der Waals surface area contributed by atoms with Gasteiger partial charge in [-0.05, 0) is 24.5 Å². The van der Waals surface area contributed by atoms with Gasteiger partial charge in [0.15, 0.2) is 0 Å². The van der Waals surface area contributed by atoms with E-state index < -0.39 is 0 Å². The van der Waals surface area contributed by atoms with Crippen LogP contribution in [0.25, 0.3) is 0 Å². The Labute approximate surface area is 72.5 Å². The zero-order valence-corrected chi connectivity index (χ0v) is 7.31. The van der Waals surface area contributed by atoms with E-state index in [-0.39, 0.29) is 0 Å². The van der Waals surface area contributed by atoms with Gasteiger partial charge in [-0.15, -0.1) is 0 Å². The number of halogens is 1. The molecule has 0 aromatic heterocycles. The van der Waals surface area contributed by atoms with Gasteiger partial charge >= 0.3 is 0 Å². The van der Waals surface area contributed by atoms with Gasteiger partial charge in [-0.25, -0.2) is 0 Å². The number of hydrogen-bond donors (Lipinski definition) is 0. The summed E-state index contributed by atoms with van der Waals surface area (Å²) in [6.07, 6.45) is 2.88. The molecule has 0 bridgehead atoms. The third-order valence-corrected chi connectivity index (χ3v) is 1.87. The summed E-state index contributed by atoms with van der Waals surface area (Å²) in [4.78, 5) is 0. The summed E-state index contributed by atoms with van der Waals surface area (Å²) < 4.78 is 0. The molecular formula is C10H11Cl. The lowest BCUT2D eigenvalue weighted by atomic mass is 10.1. The Morgan fingerprint density at radius 3 is 2.73 bits per heavy atom. The van der Waals surface area contributed by atoms with E-state index in [2.05, 4.69) is 19.1 Å². The summed E-state index contributed by atoms with van der Waals surface area (Å²) in [6, 6.07) is 8.32. The maximum atomic E-state index is 5.42. The van der Waals surface area contributed by atoms with Crippen LogP contribution in [0.4, 0.5) is 0 Å². The molecule has 0 spiro atoms. The Hall–Kier alpha value is -0.750. The van der Waals surface area contributed by atoms with Crippen LogP contribution in [0.3, 0.4) is 0 Å². The minimum absolute atomic E-state index is 0.927. The van der Waals surface area contributed by atoms with E-state index in [0.717, 1.165) is 6.42 Å². The van der Waals surface area contributed by atoms with Crippen molar-refractivity contribution in [3.8, 4) is 0 Å². The fourth-order valence-corrected chi connectivity index (χ4v) is 1.10. The normalized spacial score (nSPS) is 10.7. The molecule has 1 aromatic carbocycles. The molecule has 1 aromatic rings. The molecule has 11 heavy (non-hydrogen) atoms. The van der Waals surface area contributed by atoms with E-state index in [1.165, 1.54) is 11.1 Å². The second-order valence-corrected chi connectivity index (χ2v) is 2.74. The lowest BCUT2D eigenvalue weighted by Crippen LogP contribution is -1.84. The highest BCUT2D eigenvalue weighted by Gasteiger charge is 1.91. The molecule has 1 rings (SSSR count). The van der Waals surface area contributed by atoms with Gasteiger partial charge in [0.1, 0.15) is 0 Å². The van der Waals surface area contributed by atoms with Crippen molar-refractivity contribution in [1.82, 2.24) is 0 Å². The molecule has 0 N–H and O–H groups in total. The Kier molecular flexibility index (Phi) is 3.18. The van der Waals surface area contributed by atoms with Crippen LogP contribution in [0.1, 0.15) is 11.1 Å². The Bertz CT molecular complexity index is 251. The highest BCUT2D eigenvalue weighted by atomic mass is 35.5. The number of allylic oxidation sites excluding steroid dienone is 1. The van der Waals surface area contributed by atoms with E-state index in [0.29, 0.717) is 0 Å². The molecule has 0 unspecified atom stereocenters. The zero-order chi connectivity index (χ0) is 8.10. The Balaban J connectivity index is 2.77. The first-order valence-electron chi connectivity index (χ1n) is 3.64. The predicted molar refractivity (Wildman–Crippen MR) is 49.9 cm³/mol. The molecule has 0 saturated carbocycles. The summed E-state index contributed by atoms with van der Waals surface area (Å²) in [5.41, 5.74) is 4.22. The van der Waals surface area contributed by atoms with Crippen molar-refractivity contribution in [2.75, 3.05) is 0 Å². The Morgan fingerprint density at radius 2 is 2.09 bits per heavy atom. The van der Waals surface area contributed by atoms with Crippen molar-refractivity contribution in [3.63, 3.8) is 0 Å². The van der Waals surface area contributed by atoms with Crippen LogP contribution in [-0.2, 0) is 6.42 Å². The highest BCUT2D eigenvalue weighted by Crippen LogP contribution is 2.07. The van der Waals surface area contributed by atoms with Crippen LogP contribution in [0.2, 0.25) is 0 Å². The quantitative estimate of drug-likeness (QED) is 0.633. The molecule has 0 aliphatic heterocycles. The molecular weight excluding hydrogens is 156 g/mol. The average molecular weight is 167 g/mol. The molecule has 0 radical (unpaired) electrons. The second-order valence-electron chi connectivity index (χ2n) is 2.49. The van der Waals surface area contributed by atoms with E-state index in [4.69, 9.17) is 11.6 Å². The van der Waals surface area contributed by atoms with Gasteiger partial charge in [0.05, 0.1) is 0 Å². The third-order valence-electron chi connectivity index (χ3n) is 1.69. The van der Waals surface area contributed by atoms with Crippen LogP contribution in [0.5, 0.6) is 0 Å². The fourth-order valence-electron chi connectivity index (χ4n) is 1.01. The average Bonchev–Trinajstić information content (AvgIpc) is 2.03. The van der Waals surface area contributed by atoms with Crippen LogP contribution in [-0.4, -0.2) is 0 Å². The van der Waals surface area contributed by atoms with E-state index in [9.17, 15) is 0 Å². The topological polar surface area (TPSA) is 0 Å². The van der Waals surface area contributed by atoms with Gasteiger partial charge in [0, 0.05) is 5.54 Å². The smallest absolute Gasteiger partial charge is 0.000580 e. The number of rotatable bonds is 2. The van der Waals surface area contributed by atoms with Gasteiger partial charge in [0.2, 0.25) is 0 Å². The maximum absolute atomic E-state index is 5.42. The van der Waals surface area contributed by atoms with Gasteiger partial charge in [-0.2, -0.15) is 0 Å². The van der Waals surface area contributed by atoms with Gasteiger partial charge in [0.25, 0.3) is 0 Å². The summed E-state index contributed by atoms with van der Waals surface area (Å²) in [7, 11) is 0. The molecule has 0 saturated heterocycles. The number of benzene rings is 1. The number of hydrogen-bond acceptors (Lipinski definition) is 0. The fraction of sp³-hybridized carbons (Fsp3) is 0.200. The van der Waals surface area contributed by atoms with Gasteiger partial charge < -0.3 is 0 Å². The summed E-state index contributed by atoms with van der Waals surface area (Å²) in [6.45, 7) is 2.11. The third kappa shape index (κ3) is 2.39. The molecule has 0 heterocycles. The minimum atomic E-state index is 0.927. The van der Waals surface area contributed by atoms with E-state index in [1.54, 1.807) is 5.54 Å². The summed E-state index contributed by atoms with van der Waals surface area (Å²) in [5.74, 6) is 0. The second kappa shape index (κ2) is 4.20. The standard InChI is InChI=1S/C10H11Cl/c1-9-5-2-3-6-10(9)7-4-8-11/h2-6,8H,7H2,1H3/b8-4+. The lowest BCUT2D eigenvalue weighted by molar-refractivity contribution is 1.22. The molecule has 58 valence electrons. The molecule has 0 aliphatic rings. The van der Waals surface area contributed by atoms with Crippen molar-refractivity contribution >= 4 is 11.6 Å². The van der Waals surface area contributed by atoms with Crippen LogP contribution in [0, 0.1) is 6.92 Å². The van der Waals surface area contributed by atoms with Crippen LogP contribution < -0.4 is 0 Å². The van der Waals surface area contributed by atoms with E-state index >= 15 is 0 Å². The van der Waals surface area contributed by atoms with E-state index in [1.807, 2.05) is 18.2 Å². The van der Waals surface area contributed by atoms with Crippen molar-refractivity contribution in [1.29, 1.82) is 0 Å². The zero-order valence-electron chi connectivity index (χ0n) is 6.55. The SMILES string of the molecule is Cc1ccccc1C/C=C/Cl. The predicted octanol–water partition coefficient (Wildman–Crippen LogP) is 3.29. The first-order valence-corrected chi connectivity index (χ1v) is 4.08. The maximum Gasteiger partial charge on any atom is 0.000580 e. The van der Waals surface area contributed by atoms with Crippen molar-refractivity contribution in [2.45, 2.75) is 13.3 Å². The monoisotopic (exact) mass is 166 g/mol. The van der Waals surface area contributed by atoms with Crippen molar-refractivity contribution in [2.24, 2.45) is 0 Å². The highest BCUT2D eigenvalue weighted by molar-refractivity contribution is 6.25. The summed E-state index contributed by atoms with van der Waals surface area (Å²) >= 11 is 5.42. The minimum Gasteiger partial charge on any atom is -0.0933 e. The molecule has 0 nitrogen and oxygen atoms in total. The first kappa shape index (κ1) is 8.35.